The second kappa shape index (κ2) is 7.48. The number of imide groups is 1. The second-order valence-corrected chi connectivity index (χ2v) is 6.31. The van der Waals surface area contributed by atoms with Crippen LogP contribution in [0.5, 0.6) is 0 Å². The maximum absolute atomic E-state index is 13.5. The Hall–Kier alpha value is -2.67. The number of likely N-dealkylation sites (tertiary alicyclic amines) is 1. The van der Waals surface area contributed by atoms with E-state index in [1.165, 1.54) is 23.9 Å². The molecule has 6 nitrogen and oxygen atoms in total. The summed E-state index contributed by atoms with van der Waals surface area (Å²) in [4.78, 5) is 25.2. The molecule has 132 valence electrons. The molecule has 7 heteroatoms. The Morgan fingerprint density at radius 1 is 1.28 bits per heavy atom. The zero-order valence-electron chi connectivity index (χ0n) is 14.1. The van der Waals surface area contributed by atoms with Crippen LogP contribution in [0.3, 0.4) is 0 Å². The molecule has 0 spiro atoms. The van der Waals surface area contributed by atoms with Crippen molar-refractivity contribution in [1.82, 2.24) is 9.88 Å². The van der Waals surface area contributed by atoms with E-state index in [4.69, 9.17) is 0 Å². The van der Waals surface area contributed by atoms with Gasteiger partial charge in [-0.05, 0) is 24.3 Å². The molecule has 2 aromatic rings. The van der Waals surface area contributed by atoms with Gasteiger partial charge in [0, 0.05) is 26.1 Å². The largest absolute Gasteiger partial charge is 0.350 e. The van der Waals surface area contributed by atoms with E-state index < -0.39 is 11.8 Å². The summed E-state index contributed by atoms with van der Waals surface area (Å²) in [6.45, 7) is 1.10. The molecule has 0 saturated carbocycles. The van der Waals surface area contributed by atoms with E-state index in [1.807, 2.05) is 19.3 Å². The Kier molecular flexibility index (Phi) is 5.14. The molecule has 3 rings (SSSR count). The van der Waals surface area contributed by atoms with Crippen molar-refractivity contribution >= 4 is 17.6 Å². The van der Waals surface area contributed by atoms with Crippen molar-refractivity contribution in [1.29, 1.82) is 0 Å². The van der Waals surface area contributed by atoms with Crippen LogP contribution in [0, 0.1) is 5.82 Å². The molecule has 1 aromatic carbocycles. The average Bonchev–Trinajstić information content (AvgIpc) is 3.18. The van der Waals surface area contributed by atoms with E-state index in [0.717, 1.165) is 24.3 Å². The summed E-state index contributed by atoms with van der Waals surface area (Å²) in [5.74, 6) is -0.913. The quantitative estimate of drug-likeness (QED) is 0.780. The Labute approximate surface area is 145 Å². The highest BCUT2D eigenvalue weighted by Crippen LogP contribution is 2.18. The Morgan fingerprint density at radius 2 is 2.08 bits per heavy atom. The number of para-hydroxylation sites is 1. The van der Waals surface area contributed by atoms with E-state index in [0.29, 0.717) is 0 Å². The molecular formula is C18H22FN4O2+. The molecule has 1 unspecified atom stereocenters. The van der Waals surface area contributed by atoms with Crippen molar-refractivity contribution in [3.63, 3.8) is 0 Å². The van der Waals surface area contributed by atoms with Crippen molar-refractivity contribution in [3.05, 3.63) is 54.1 Å². The minimum absolute atomic E-state index is 0.0445. The van der Waals surface area contributed by atoms with E-state index in [1.54, 1.807) is 6.07 Å². The number of amides is 3. The molecule has 3 N–H and O–H groups in total. The van der Waals surface area contributed by atoms with Gasteiger partial charge in [0.2, 0.25) is 0 Å². The van der Waals surface area contributed by atoms with Crippen molar-refractivity contribution in [3.8, 4) is 0 Å². The van der Waals surface area contributed by atoms with Gasteiger partial charge in [-0.2, -0.15) is 0 Å². The Morgan fingerprint density at radius 3 is 2.80 bits per heavy atom. The lowest BCUT2D eigenvalue weighted by Gasteiger charge is -2.21. The van der Waals surface area contributed by atoms with E-state index >= 15 is 0 Å². The van der Waals surface area contributed by atoms with Crippen molar-refractivity contribution in [2.24, 2.45) is 7.05 Å². The monoisotopic (exact) mass is 345 g/mol. The predicted octanol–water partition coefficient (Wildman–Crippen LogP) is 1.23. The van der Waals surface area contributed by atoms with Gasteiger partial charge in [-0.1, -0.05) is 12.1 Å². The van der Waals surface area contributed by atoms with Crippen LogP contribution in [0.2, 0.25) is 0 Å². The van der Waals surface area contributed by atoms with Gasteiger partial charge in [0.05, 0.1) is 17.9 Å². The highest BCUT2D eigenvalue weighted by molar-refractivity contribution is 6.01. The molecule has 2 heterocycles. The number of hydrogen-bond acceptors (Lipinski definition) is 2. The predicted molar refractivity (Wildman–Crippen MR) is 91.6 cm³/mol. The fraction of sp³-hybridized carbons (Fsp3) is 0.333. The molecule has 0 bridgehead atoms. The van der Waals surface area contributed by atoms with E-state index in [2.05, 4.69) is 21.3 Å². The average molecular weight is 345 g/mol. The summed E-state index contributed by atoms with van der Waals surface area (Å²) in [6, 6.07) is 9.42. The lowest BCUT2D eigenvalue weighted by Crippen LogP contribution is -3.11. The maximum Gasteiger partial charge on any atom is 0.326 e. The lowest BCUT2D eigenvalue weighted by molar-refractivity contribution is -0.911. The highest BCUT2D eigenvalue weighted by atomic mass is 19.1. The molecule has 3 amide bonds. The number of urea groups is 1. The van der Waals surface area contributed by atoms with Crippen molar-refractivity contribution < 1.29 is 18.9 Å². The standard InChI is InChI=1S/C18H21FN4O2/c1-22-10-4-8-15(22)16-9-5-11-23(16)12-17(24)21-18(25)20-14-7-3-2-6-13(14)19/h2-4,6-8,10,16H,5,9,11-12H2,1H3,(H2,20,21,24,25)/p+1/t16-/m0/s1. The molecule has 1 aliphatic rings. The Balaban J connectivity index is 1.56. The third-order valence-corrected chi connectivity index (χ3v) is 4.59. The highest BCUT2D eigenvalue weighted by Gasteiger charge is 2.33. The second-order valence-electron chi connectivity index (χ2n) is 6.31. The normalized spacial score (nSPS) is 19.6. The van der Waals surface area contributed by atoms with Gasteiger partial charge in [-0.3, -0.25) is 10.1 Å². The summed E-state index contributed by atoms with van der Waals surface area (Å²) in [5, 5.41) is 4.63. The molecule has 1 fully saturated rings. The first-order chi connectivity index (χ1) is 12.0. The molecule has 25 heavy (non-hydrogen) atoms. The van der Waals surface area contributed by atoms with Crippen molar-refractivity contribution in [2.75, 3.05) is 18.4 Å². The first-order valence-corrected chi connectivity index (χ1v) is 8.36. The Bertz CT molecular complexity index is 774. The minimum Gasteiger partial charge on any atom is -0.350 e. The molecule has 1 saturated heterocycles. The van der Waals surface area contributed by atoms with Gasteiger partial charge in [-0.15, -0.1) is 0 Å². The number of aromatic nitrogens is 1. The number of nitrogens with one attached hydrogen (secondary N) is 3. The summed E-state index contributed by atoms with van der Waals surface area (Å²) in [6.07, 6.45) is 4.05. The number of hydrogen-bond donors (Lipinski definition) is 3. The summed E-state index contributed by atoms with van der Waals surface area (Å²) in [5.41, 5.74) is 1.24. The fourth-order valence-electron chi connectivity index (χ4n) is 3.41. The van der Waals surface area contributed by atoms with Gasteiger partial charge in [-0.25, -0.2) is 9.18 Å². The number of carbonyl (C=O) groups is 2. The van der Waals surface area contributed by atoms with Crippen LogP contribution in [0.15, 0.2) is 42.6 Å². The summed E-state index contributed by atoms with van der Waals surface area (Å²) < 4.78 is 15.6. The van der Waals surface area contributed by atoms with E-state index in [-0.39, 0.29) is 24.2 Å². The maximum atomic E-state index is 13.5. The molecule has 0 aliphatic carbocycles. The zero-order chi connectivity index (χ0) is 17.8. The number of benzene rings is 1. The SMILES string of the molecule is Cn1cccc1[C@@H]1CCC[NH+]1CC(=O)NC(=O)Nc1ccccc1F. The minimum atomic E-state index is -0.718. The number of aryl methyl sites for hydroxylation is 1. The first-order valence-electron chi connectivity index (χ1n) is 8.36. The van der Waals surface area contributed by atoms with Crippen LogP contribution in [0.1, 0.15) is 24.6 Å². The van der Waals surface area contributed by atoms with Crippen LogP contribution in [-0.2, 0) is 11.8 Å². The molecule has 0 radical (unpaired) electrons. The fourth-order valence-corrected chi connectivity index (χ4v) is 3.41. The smallest absolute Gasteiger partial charge is 0.326 e. The number of rotatable bonds is 4. The van der Waals surface area contributed by atoms with Gasteiger partial charge in [0.15, 0.2) is 6.54 Å². The number of carbonyl (C=O) groups excluding carboxylic acids is 2. The molecule has 1 aliphatic heterocycles. The number of anilines is 1. The summed E-state index contributed by atoms with van der Waals surface area (Å²) in [7, 11) is 1.99. The topological polar surface area (TPSA) is 67.6 Å². The zero-order valence-corrected chi connectivity index (χ0v) is 14.1. The number of nitrogens with zero attached hydrogens (tertiary/aromatic N) is 1. The van der Waals surface area contributed by atoms with Gasteiger partial charge < -0.3 is 14.8 Å². The third-order valence-electron chi connectivity index (χ3n) is 4.59. The van der Waals surface area contributed by atoms with Gasteiger partial charge >= 0.3 is 6.03 Å². The van der Waals surface area contributed by atoms with Gasteiger partial charge in [0.1, 0.15) is 11.9 Å². The van der Waals surface area contributed by atoms with E-state index in [9.17, 15) is 14.0 Å². The van der Waals surface area contributed by atoms with Crippen LogP contribution >= 0.6 is 0 Å². The number of quaternary nitrogens is 1. The van der Waals surface area contributed by atoms with Gasteiger partial charge in [0.25, 0.3) is 5.91 Å². The lowest BCUT2D eigenvalue weighted by atomic mass is 10.1. The van der Waals surface area contributed by atoms with Crippen LogP contribution in [0.4, 0.5) is 14.9 Å². The first kappa shape index (κ1) is 17.2. The van der Waals surface area contributed by atoms with Crippen LogP contribution < -0.4 is 15.5 Å². The van der Waals surface area contributed by atoms with Crippen LogP contribution in [0.25, 0.3) is 0 Å². The molecular weight excluding hydrogens is 323 g/mol. The molecule has 2 atom stereocenters. The number of halogens is 1. The summed E-state index contributed by atoms with van der Waals surface area (Å²) >= 11 is 0. The van der Waals surface area contributed by atoms with Crippen LogP contribution in [-0.4, -0.2) is 29.6 Å². The van der Waals surface area contributed by atoms with Crippen molar-refractivity contribution in [2.45, 2.75) is 18.9 Å². The third kappa shape index (κ3) is 4.06. The molecule has 1 aromatic heterocycles.